The smallest absolute Gasteiger partial charge is 0.251 e. The second kappa shape index (κ2) is 8.50. The molecule has 2 amide bonds. The Kier molecular flexibility index (Phi) is 6.35. The summed E-state index contributed by atoms with van der Waals surface area (Å²) in [4.78, 5) is 23.6. The number of nitrogens with zero attached hydrogens (tertiary/aromatic N) is 2. The van der Waals surface area contributed by atoms with E-state index in [1.165, 1.54) is 11.3 Å². The van der Waals surface area contributed by atoms with Crippen molar-refractivity contribution < 1.29 is 9.59 Å². The van der Waals surface area contributed by atoms with Gasteiger partial charge in [-0.05, 0) is 17.9 Å². The van der Waals surface area contributed by atoms with Crippen molar-refractivity contribution in [1.82, 2.24) is 15.5 Å². The topological polar surface area (TPSA) is 84.0 Å². The number of hydrogen-bond donors (Lipinski definition) is 2. The van der Waals surface area contributed by atoms with Crippen molar-refractivity contribution in [3.8, 4) is 0 Å². The van der Waals surface area contributed by atoms with Gasteiger partial charge in [0.25, 0.3) is 5.91 Å². The first-order chi connectivity index (χ1) is 10.7. The minimum atomic E-state index is -0.197. The number of hydrogen-bond acceptors (Lipinski definition) is 6. The van der Waals surface area contributed by atoms with E-state index in [1.54, 1.807) is 36.0 Å². The molecular weight excluding hydrogens is 320 g/mol. The number of carbonyl (C=O) groups excluding carboxylic acids is 2. The molecule has 0 atom stereocenters. The van der Waals surface area contributed by atoms with Crippen molar-refractivity contribution in [2.75, 3.05) is 17.6 Å². The van der Waals surface area contributed by atoms with Gasteiger partial charge in [-0.15, -0.1) is 10.2 Å². The summed E-state index contributed by atoms with van der Waals surface area (Å²) < 4.78 is 0.829. The van der Waals surface area contributed by atoms with E-state index in [1.807, 2.05) is 13.0 Å². The highest BCUT2D eigenvalue weighted by molar-refractivity contribution is 8.01. The fourth-order valence-electron chi connectivity index (χ4n) is 1.61. The van der Waals surface area contributed by atoms with E-state index in [4.69, 9.17) is 0 Å². The van der Waals surface area contributed by atoms with Crippen LogP contribution in [-0.4, -0.2) is 34.3 Å². The predicted molar refractivity (Wildman–Crippen MR) is 88.3 cm³/mol. The van der Waals surface area contributed by atoms with Crippen molar-refractivity contribution in [3.63, 3.8) is 0 Å². The van der Waals surface area contributed by atoms with E-state index in [9.17, 15) is 9.59 Å². The molecule has 0 saturated carbocycles. The third-order valence-corrected chi connectivity index (χ3v) is 4.45. The van der Waals surface area contributed by atoms with E-state index in [2.05, 4.69) is 20.8 Å². The van der Waals surface area contributed by atoms with Crippen LogP contribution in [0.5, 0.6) is 0 Å². The van der Waals surface area contributed by atoms with Crippen LogP contribution in [0.3, 0.4) is 0 Å². The molecule has 1 heterocycles. The lowest BCUT2D eigenvalue weighted by Crippen LogP contribution is -2.27. The molecule has 0 fully saturated rings. The Balaban J connectivity index is 1.72. The molecule has 0 aliphatic heterocycles. The molecule has 22 heavy (non-hydrogen) atoms. The molecular formula is C14H16N4O2S2. The number of carbonyl (C=O) groups is 2. The molecule has 0 bridgehead atoms. The van der Waals surface area contributed by atoms with Gasteiger partial charge in [0.05, 0.1) is 0 Å². The Morgan fingerprint density at radius 3 is 2.73 bits per heavy atom. The second-order valence-electron chi connectivity index (χ2n) is 4.23. The molecule has 6 nitrogen and oxygen atoms in total. The van der Waals surface area contributed by atoms with Crippen molar-refractivity contribution in [2.24, 2.45) is 0 Å². The van der Waals surface area contributed by atoms with Crippen LogP contribution in [0.25, 0.3) is 0 Å². The SMILES string of the molecule is CCSc1nnc(NC(=O)CCNC(=O)c2ccccc2)s1. The first-order valence-electron chi connectivity index (χ1n) is 6.78. The minimum Gasteiger partial charge on any atom is -0.352 e. The molecule has 2 N–H and O–H groups in total. The van der Waals surface area contributed by atoms with Gasteiger partial charge in [0, 0.05) is 18.5 Å². The molecule has 0 spiro atoms. The molecule has 0 aliphatic carbocycles. The number of rotatable bonds is 7. The molecule has 0 radical (unpaired) electrons. The number of anilines is 1. The molecule has 2 rings (SSSR count). The van der Waals surface area contributed by atoms with Gasteiger partial charge in [-0.1, -0.05) is 48.2 Å². The van der Waals surface area contributed by atoms with E-state index in [0.29, 0.717) is 10.7 Å². The van der Waals surface area contributed by atoms with Crippen molar-refractivity contribution in [2.45, 2.75) is 17.7 Å². The Hall–Kier alpha value is -1.93. The van der Waals surface area contributed by atoms with Gasteiger partial charge in [0.2, 0.25) is 11.0 Å². The van der Waals surface area contributed by atoms with Crippen LogP contribution in [0.1, 0.15) is 23.7 Å². The van der Waals surface area contributed by atoms with Crippen LogP contribution in [0, 0.1) is 0 Å². The first-order valence-corrected chi connectivity index (χ1v) is 8.58. The summed E-state index contributed by atoms with van der Waals surface area (Å²) in [7, 11) is 0. The maximum atomic E-state index is 11.8. The molecule has 0 aliphatic rings. The fourth-order valence-corrected chi connectivity index (χ4v) is 3.27. The lowest BCUT2D eigenvalue weighted by atomic mass is 10.2. The summed E-state index contributed by atoms with van der Waals surface area (Å²) in [5, 5.41) is 13.7. The number of aromatic nitrogens is 2. The van der Waals surface area contributed by atoms with Gasteiger partial charge in [0.15, 0.2) is 4.34 Å². The third kappa shape index (κ3) is 5.12. The van der Waals surface area contributed by atoms with Crippen LogP contribution in [-0.2, 0) is 4.79 Å². The normalized spacial score (nSPS) is 10.2. The quantitative estimate of drug-likeness (QED) is 0.599. The molecule has 0 saturated heterocycles. The Labute approximate surface area is 136 Å². The summed E-state index contributed by atoms with van der Waals surface area (Å²) in [6.07, 6.45) is 0.189. The van der Waals surface area contributed by atoms with Crippen LogP contribution in [0.2, 0.25) is 0 Å². The van der Waals surface area contributed by atoms with Crippen LogP contribution >= 0.6 is 23.1 Å². The minimum absolute atomic E-state index is 0.189. The van der Waals surface area contributed by atoms with Crippen molar-refractivity contribution in [1.29, 1.82) is 0 Å². The average Bonchev–Trinajstić information content (AvgIpc) is 2.95. The molecule has 1 aromatic heterocycles. The highest BCUT2D eigenvalue weighted by Gasteiger charge is 2.09. The van der Waals surface area contributed by atoms with E-state index >= 15 is 0 Å². The lowest BCUT2D eigenvalue weighted by Gasteiger charge is -2.04. The van der Waals surface area contributed by atoms with Crippen LogP contribution < -0.4 is 10.6 Å². The monoisotopic (exact) mass is 336 g/mol. The maximum absolute atomic E-state index is 11.8. The zero-order valence-corrected chi connectivity index (χ0v) is 13.7. The molecule has 116 valence electrons. The largest absolute Gasteiger partial charge is 0.352 e. The average molecular weight is 336 g/mol. The second-order valence-corrected chi connectivity index (χ2v) is 6.71. The molecule has 1 aromatic carbocycles. The molecule has 2 aromatic rings. The highest BCUT2D eigenvalue weighted by Crippen LogP contribution is 2.24. The lowest BCUT2D eigenvalue weighted by molar-refractivity contribution is -0.116. The van der Waals surface area contributed by atoms with Gasteiger partial charge in [-0.2, -0.15) is 0 Å². The first kappa shape index (κ1) is 16.4. The highest BCUT2D eigenvalue weighted by atomic mass is 32.2. The van der Waals surface area contributed by atoms with Gasteiger partial charge in [0.1, 0.15) is 0 Å². The molecule has 8 heteroatoms. The van der Waals surface area contributed by atoms with Crippen molar-refractivity contribution in [3.05, 3.63) is 35.9 Å². The summed E-state index contributed by atoms with van der Waals surface area (Å²) in [6.45, 7) is 2.30. The van der Waals surface area contributed by atoms with E-state index < -0.39 is 0 Å². The third-order valence-electron chi connectivity index (χ3n) is 2.59. The predicted octanol–water partition coefficient (Wildman–Crippen LogP) is 2.41. The van der Waals surface area contributed by atoms with Gasteiger partial charge < -0.3 is 10.6 Å². The van der Waals surface area contributed by atoms with Crippen LogP contribution in [0.4, 0.5) is 5.13 Å². The summed E-state index contributed by atoms with van der Waals surface area (Å²) in [5.74, 6) is 0.525. The summed E-state index contributed by atoms with van der Waals surface area (Å²) in [5.41, 5.74) is 0.577. The Bertz CT molecular complexity index is 631. The van der Waals surface area contributed by atoms with Gasteiger partial charge >= 0.3 is 0 Å². The van der Waals surface area contributed by atoms with E-state index in [0.717, 1.165) is 10.1 Å². The van der Waals surface area contributed by atoms with Crippen LogP contribution in [0.15, 0.2) is 34.7 Å². The Morgan fingerprint density at radius 1 is 1.23 bits per heavy atom. The van der Waals surface area contributed by atoms with Crippen molar-refractivity contribution >= 4 is 40.0 Å². The van der Waals surface area contributed by atoms with E-state index in [-0.39, 0.29) is 24.8 Å². The van der Waals surface area contributed by atoms with Gasteiger partial charge in [-0.3, -0.25) is 9.59 Å². The van der Waals surface area contributed by atoms with Gasteiger partial charge in [-0.25, -0.2) is 0 Å². The summed E-state index contributed by atoms with van der Waals surface area (Å²) >= 11 is 2.92. The number of amides is 2. The standard InChI is InChI=1S/C14H16N4O2S2/c1-2-21-14-18-17-13(22-14)16-11(19)8-9-15-12(20)10-6-4-3-5-7-10/h3-7H,2,8-9H2,1H3,(H,15,20)(H,16,17,19). The fraction of sp³-hybridized carbons (Fsp3) is 0.286. The zero-order chi connectivity index (χ0) is 15.8. The molecule has 0 unspecified atom stereocenters. The maximum Gasteiger partial charge on any atom is 0.251 e. The number of nitrogens with one attached hydrogen (secondary N) is 2. The number of thioether (sulfide) groups is 1. The zero-order valence-electron chi connectivity index (χ0n) is 12.0. The number of benzene rings is 1. The summed E-state index contributed by atoms with van der Waals surface area (Å²) in [6, 6.07) is 8.89. The Morgan fingerprint density at radius 2 is 2.00 bits per heavy atom.